The van der Waals surface area contributed by atoms with E-state index in [0.717, 1.165) is 12.1 Å². The van der Waals surface area contributed by atoms with Gasteiger partial charge in [0.25, 0.3) is 0 Å². The number of alkyl halides is 6. The lowest BCUT2D eigenvalue weighted by Crippen LogP contribution is -2.60. The molecular formula is C16H15F6NO7S. The van der Waals surface area contributed by atoms with Gasteiger partial charge in [-0.3, -0.25) is 9.35 Å². The van der Waals surface area contributed by atoms with E-state index in [-0.39, 0.29) is 5.69 Å². The van der Waals surface area contributed by atoms with E-state index in [0.29, 0.717) is 0 Å². The predicted molar refractivity (Wildman–Crippen MR) is 92.1 cm³/mol. The maximum absolute atomic E-state index is 13.8. The molecule has 1 aromatic carbocycles. The summed E-state index contributed by atoms with van der Waals surface area (Å²) in [6.07, 6.45) is -7.96. The molecule has 0 bridgehead atoms. The van der Waals surface area contributed by atoms with Crippen LogP contribution in [-0.4, -0.2) is 55.3 Å². The van der Waals surface area contributed by atoms with E-state index >= 15 is 0 Å². The molecule has 0 aliphatic heterocycles. The van der Waals surface area contributed by atoms with Crippen molar-refractivity contribution in [3.05, 3.63) is 42.5 Å². The van der Waals surface area contributed by atoms with Crippen LogP contribution < -0.4 is 5.32 Å². The second-order valence-corrected chi connectivity index (χ2v) is 7.32. The first kappa shape index (κ1) is 26.4. The summed E-state index contributed by atoms with van der Waals surface area (Å²) >= 11 is 0. The van der Waals surface area contributed by atoms with Crippen LogP contribution in [0.15, 0.2) is 42.5 Å². The Kier molecular flexibility index (Phi) is 8.22. The molecule has 0 spiro atoms. The molecule has 1 atom stereocenters. The number of anilines is 1. The van der Waals surface area contributed by atoms with Crippen molar-refractivity contribution in [2.45, 2.75) is 23.6 Å². The summed E-state index contributed by atoms with van der Waals surface area (Å²) in [5.74, 6) is -8.89. The maximum atomic E-state index is 13.8. The van der Waals surface area contributed by atoms with Crippen LogP contribution in [0.1, 0.15) is 6.42 Å². The van der Waals surface area contributed by atoms with Gasteiger partial charge in [0.05, 0.1) is 18.6 Å². The molecule has 1 unspecified atom stereocenters. The van der Waals surface area contributed by atoms with Gasteiger partial charge in [-0.15, -0.1) is 0 Å². The topological polar surface area (TPSA) is 119 Å². The van der Waals surface area contributed by atoms with E-state index < -0.39 is 64.5 Å². The van der Waals surface area contributed by atoms with Gasteiger partial charge in [-0.1, -0.05) is 24.8 Å². The third-order valence-corrected chi connectivity index (χ3v) is 4.42. The van der Waals surface area contributed by atoms with Gasteiger partial charge in [0, 0.05) is 5.69 Å². The van der Waals surface area contributed by atoms with Gasteiger partial charge in [0.2, 0.25) is 0 Å². The third kappa shape index (κ3) is 6.41. The third-order valence-electron chi connectivity index (χ3n) is 3.47. The van der Waals surface area contributed by atoms with Gasteiger partial charge >= 0.3 is 39.2 Å². The number of benzene rings is 1. The molecule has 15 heteroatoms. The maximum Gasteiger partial charge on any atom is 0.466 e. The number of hydrogen-bond donors (Lipinski definition) is 2. The van der Waals surface area contributed by atoms with Crippen molar-refractivity contribution in [3.63, 3.8) is 0 Å². The molecule has 8 nitrogen and oxygen atoms in total. The summed E-state index contributed by atoms with van der Waals surface area (Å²) in [6, 6.07) is 6.28. The number of rotatable bonds is 10. The van der Waals surface area contributed by atoms with Crippen molar-refractivity contribution in [1.29, 1.82) is 0 Å². The van der Waals surface area contributed by atoms with Gasteiger partial charge < -0.3 is 14.8 Å². The van der Waals surface area contributed by atoms with Gasteiger partial charge in [-0.2, -0.15) is 30.4 Å². The molecule has 0 aliphatic rings. The van der Waals surface area contributed by atoms with Gasteiger partial charge in [0.1, 0.15) is 6.67 Å². The van der Waals surface area contributed by atoms with Crippen LogP contribution in [-0.2, 0) is 29.2 Å². The monoisotopic (exact) mass is 479 g/mol. The van der Waals surface area contributed by atoms with E-state index in [1.54, 1.807) is 5.32 Å². The van der Waals surface area contributed by atoms with Crippen molar-refractivity contribution in [2.75, 3.05) is 18.6 Å². The predicted octanol–water partition coefficient (Wildman–Crippen LogP) is 2.84. The molecule has 0 fully saturated rings. The first-order valence-corrected chi connectivity index (χ1v) is 9.40. The fourth-order valence-corrected chi connectivity index (χ4v) is 2.19. The summed E-state index contributed by atoms with van der Waals surface area (Å²) in [4.78, 5) is 24.1. The Morgan fingerprint density at radius 2 is 1.65 bits per heavy atom. The minimum Gasteiger partial charge on any atom is -0.412 e. The van der Waals surface area contributed by atoms with E-state index in [1.807, 2.05) is 0 Å². The van der Waals surface area contributed by atoms with Gasteiger partial charge in [0.15, 0.2) is 0 Å². The molecule has 2 N–H and O–H groups in total. The zero-order valence-corrected chi connectivity index (χ0v) is 16.1. The minimum atomic E-state index is -6.03. The summed E-state index contributed by atoms with van der Waals surface area (Å²) in [5.41, 5.74) is -1.42. The number of amides is 1. The molecule has 0 aromatic heterocycles. The molecule has 0 saturated heterocycles. The highest BCUT2D eigenvalue weighted by Crippen LogP contribution is 2.38. The van der Waals surface area contributed by atoms with Crippen LogP contribution in [0.25, 0.3) is 0 Å². The highest BCUT2D eigenvalue weighted by Gasteiger charge is 2.66. The summed E-state index contributed by atoms with van der Waals surface area (Å²) in [5, 5.41) is -3.26. The molecule has 0 saturated carbocycles. The highest BCUT2D eigenvalue weighted by molar-refractivity contribution is 7.86. The lowest BCUT2D eigenvalue weighted by molar-refractivity contribution is -0.346. The number of para-hydroxylation sites is 1. The van der Waals surface area contributed by atoms with Crippen LogP contribution in [0.4, 0.5) is 32.0 Å². The minimum absolute atomic E-state index is 0.256. The fraction of sp³-hybridized carbons (Fsp3) is 0.375. The Balaban J connectivity index is 3.33. The average Bonchev–Trinajstić information content (AvgIpc) is 2.65. The molecule has 31 heavy (non-hydrogen) atoms. The molecule has 0 aliphatic carbocycles. The van der Waals surface area contributed by atoms with Crippen LogP contribution in [0, 0.1) is 0 Å². The zero-order valence-electron chi connectivity index (χ0n) is 15.3. The Bertz CT molecular complexity index is 920. The Morgan fingerprint density at radius 3 is 2.10 bits per heavy atom. The number of carbonyl (C=O) groups excluding carboxylic acids is 2. The zero-order chi connectivity index (χ0) is 24.1. The summed E-state index contributed by atoms with van der Waals surface area (Å²) < 4.78 is 118. The molecule has 1 aromatic rings. The number of ether oxygens (including phenoxy) is 2. The van der Waals surface area contributed by atoms with Crippen molar-refractivity contribution in [1.82, 2.24) is 0 Å². The number of hydrogen-bond acceptors (Lipinski definition) is 6. The largest absolute Gasteiger partial charge is 0.466 e. The van der Waals surface area contributed by atoms with Crippen LogP contribution in [0.3, 0.4) is 0 Å². The first-order valence-electron chi connectivity index (χ1n) is 7.96. The normalized spacial score (nSPS) is 14.4. The lowest BCUT2D eigenvalue weighted by atomic mass is 10.2. The van der Waals surface area contributed by atoms with Gasteiger partial charge in [-0.05, 0) is 12.1 Å². The van der Waals surface area contributed by atoms with Crippen LogP contribution in [0.5, 0.6) is 0 Å². The summed E-state index contributed by atoms with van der Waals surface area (Å²) in [6.45, 7) is -0.718. The quantitative estimate of drug-likeness (QED) is 0.174. The SMILES string of the molecule is C=C(CF)C(=O)OC(OCCC(F)(F)S(=O)(=O)O)(C(=O)Nc1ccccc1)C(F)(F)F. The van der Waals surface area contributed by atoms with E-state index in [4.69, 9.17) is 4.55 Å². The Hall–Kier alpha value is -2.65. The van der Waals surface area contributed by atoms with Crippen molar-refractivity contribution >= 4 is 27.7 Å². The fourth-order valence-electron chi connectivity index (χ4n) is 1.84. The second-order valence-electron chi connectivity index (χ2n) is 5.77. The van der Waals surface area contributed by atoms with E-state index in [9.17, 15) is 44.3 Å². The molecule has 0 heterocycles. The molecule has 1 rings (SSSR count). The first-order chi connectivity index (χ1) is 14.1. The van der Waals surface area contributed by atoms with E-state index in [1.165, 1.54) is 18.2 Å². The van der Waals surface area contributed by atoms with Gasteiger partial charge in [-0.25, -0.2) is 9.18 Å². The van der Waals surface area contributed by atoms with Crippen LogP contribution in [0.2, 0.25) is 0 Å². The number of carbonyl (C=O) groups is 2. The molecular weight excluding hydrogens is 464 g/mol. The van der Waals surface area contributed by atoms with Crippen molar-refractivity contribution in [2.24, 2.45) is 0 Å². The van der Waals surface area contributed by atoms with Crippen LogP contribution >= 0.6 is 0 Å². The smallest absolute Gasteiger partial charge is 0.412 e. The molecule has 174 valence electrons. The standard InChI is InChI=1S/C16H15F6NO7S/c1-10(9-17)12(24)30-15(16(20,21)22,13(25)23-11-5-3-2-4-6-11)29-8-7-14(18,19)31(26,27)28/h2-6H,1,7-9H2,(H,23,25)(H,26,27,28). The number of esters is 1. The highest BCUT2D eigenvalue weighted by atomic mass is 32.2. The molecule has 0 radical (unpaired) electrons. The number of halogens is 6. The summed E-state index contributed by atoms with van der Waals surface area (Å²) in [7, 11) is -6.03. The Morgan fingerprint density at radius 1 is 1.10 bits per heavy atom. The molecule has 1 amide bonds. The second kappa shape index (κ2) is 9.65. The van der Waals surface area contributed by atoms with Crippen molar-refractivity contribution in [3.8, 4) is 0 Å². The lowest BCUT2D eigenvalue weighted by Gasteiger charge is -2.33. The van der Waals surface area contributed by atoms with E-state index in [2.05, 4.69) is 16.1 Å². The Labute approximate surface area is 171 Å². The van der Waals surface area contributed by atoms with Crippen molar-refractivity contribution < 1.29 is 58.4 Å². The average molecular weight is 479 g/mol. The number of nitrogens with one attached hydrogen (secondary N) is 1.